The van der Waals surface area contributed by atoms with Crippen molar-refractivity contribution in [3.05, 3.63) is 64.8 Å². The van der Waals surface area contributed by atoms with E-state index < -0.39 is 0 Å². The molecule has 0 aliphatic carbocycles. The Kier molecular flexibility index (Phi) is 5.00. The van der Waals surface area contributed by atoms with Gasteiger partial charge in [-0.25, -0.2) is 0 Å². The number of carbonyl (C=O) groups excluding carboxylic acids is 2. The molecule has 134 valence electrons. The molecule has 0 unspecified atom stereocenters. The summed E-state index contributed by atoms with van der Waals surface area (Å²) in [4.78, 5) is 27.1. The van der Waals surface area contributed by atoms with Crippen LogP contribution in [0.4, 0.5) is 5.69 Å². The van der Waals surface area contributed by atoms with E-state index >= 15 is 0 Å². The summed E-state index contributed by atoms with van der Waals surface area (Å²) in [7, 11) is 1.53. The van der Waals surface area contributed by atoms with Crippen LogP contribution in [-0.4, -0.2) is 29.9 Å². The first-order chi connectivity index (χ1) is 12.4. The lowest BCUT2D eigenvalue weighted by Gasteiger charge is -2.19. The maximum atomic E-state index is 12.9. The summed E-state index contributed by atoms with van der Waals surface area (Å²) in [6.45, 7) is 3.61. The summed E-state index contributed by atoms with van der Waals surface area (Å²) in [6, 6.07) is 13.9. The molecule has 1 heterocycles. The second kappa shape index (κ2) is 7.22. The molecule has 3 rings (SSSR count). The van der Waals surface area contributed by atoms with Gasteiger partial charge in [0, 0.05) is 11.1 Å². The van der Waals surface area contributed by atoms with Gasteiger partial charge in [-0.2, -0.15) is 0 Å². The number of amides is 2. The molecule has 0 saturated heterocycles. The van der Waals surface area contributed by atoms with Crippen molar-refractivity contribution in [2.45, 2.75) is 19.9 Å². The van der Waals surface area contributed by atoms with Crippen LogP contribution in [0.3, 0.4) is 0 Å². The predicted molar refractivity (Wildman–Crippen MR) is 102 cm³/mol. The van der Waals surface area contributed by atoms with Gasteiger partial charge in [-0.05, 0) is 37.6 Å². The Morgan fingerprint density at radius 2 is 1.73 bits per heavy atom. The number of halogens is 1. The van der Waals surface area contributed by atoms with Gasteiger partial charge in [-0.1, -0.05) is 41.9 Å². The van der Waals surface area contributed by atoms with Crippen LogP contribution in [0.5, 0.6) is 5.75 Å². The lowest BCUT2D eigenvalue weighted by Crippen LogP contribution is -2.38. The third-order valence-corrected chi connectivity index (χ3v) is 4.35. The van der Waals surface area contributed by atoms with E-state index in [0.29, 0.717) is 27.6 Å². The number of hydrogen-bond donors (Lipinski definition) is 1. The minimum Gasteiger partial charge on any atom is -0.495 e. The summed E-state index contributed by atoms with van der Waals surface area (Å²) in [6.07, 6.45) is 0. The second-order valence-corrected chi connectivity index (χ2v) is 6.60. The van der Waals surface area contributed by atoms with E-state index in [0.717, 1.165) is 0 Å². The quantitative estimate of drug-likeness (QED) is 0.809. The van der Waals surface area contributed by atoms with Crippen LogP contribution in [0, 0.1) is 0 Å². The fourth-order valence-corrected chi connectivity index (χ4v) is 3.09. The van der Waals surface area contributed by atoms with Crippen LogP contribution in [0.15, 0.2) is 54.2 Å². The molecule has 1 aliphatic rings. The highest BCUT2D eigenvalue weighted by molar-refractivity contribution is 6.37. The summed E-state index contributed by atoms with van der Waals surface area (Å²) in [5.74, 6) is -0.164. The Morgan fingerprint density at radius 3 is 2.35 bits per heavy atom. The van der Waals surface area contributed by atoms with E-state index in [1.807, 2.05) is 18.2 Å². The fourth-order valence-electron chi connectivity index (χ4n) is 2.92. The fraction of sp³-hybridized carbons (Fsp3) is 0.200. The molecule has 6 heteroatoms. The number of nitrogens with one attached hydrogen (secondary N) is 1. The van der Waals surface area contributed by atoms with Crippen LogP contribution in [0.25, 0.3) is 5.57 Å². The van der Waals surface area contributed by atoms with E-state index in [1.165, 1.54) is 12.0 Å². The summed E-state index contributed by atoms with van der Waals surface area (Å²) < 4.78 is 5.33. The van der Waals surface area contributed by atoms with Gasteiger partial charge in [0.15, 0.2) is 0 Å². The highest BCUT2D eigenvalue weighted by atomic mass is 35.5. The number of methoxy groups -OCH3 is 1. The average Bonchev–Trinajstić information content (AvgIpc) is 2.86. The van der Waals surface area contributed by atoms with Crippen LogP contribution >= 0.6 is 11.6 Å². The van der Waals surface area contributed by atoms with Gasteiger partial charge in [0.1, 0.15) is 11.4 Å². The van der Waals surface area contributed by atoms with Crippen LogP contribution in [-0.2, 0) is 9.59 Å². The van der Waals surface area contributed by atoms with E-state index in [-0.39, 0.29) is 23.6 Å². The Balaban J connectivity index is 2.13. The predicted octanol–water partition coefficient (Wildman–Crippen LogP) is 3.95. The van der Waals surface area contributed by atoms with Crippen molar-refractivity contribution in [1.82, 2.24) is 4.90 Å². The first-order valence-electron chi connectivity index (χ1n) is 8.22. The van der Waals surface area contributed by atoms with Crippen LogP contribution in [0.2, 0.25) is 5.02 Å². The highest BCUT2D eigenvalue weighted by Gasteiger charge is 2.40. The molecular formula is C20H19ClN2O3. The first kappa shape index (κ1) is 18.0. The molecule has 2 aromatic rings. The zero-order valence-electron chi connectivity index (χ0n) is 14.7. The molecular weight excluding hydrogens is 352 g/mol. The van der Waals surface area contributed by atoms with Crippen molar-refractivity contribution in [3.63, 3.8) is 0 Å². The summed E-state index contributed by atoms with van der Waals surface area (Å²) in [5.41, 5.74) is 1.76. The largest absolute Gasteiger partial charge is 0.495 e. The van der Waals surface area contributed by atoms with Gasteiger partial charge in [0.05, 0.1) is 18.4 Å². The lowest BCUT2D eigenvalue weighted by molar-refractivity contribution is -0.138. The molecule has 0 spiro atoms. The van der Waals surface area contributed by atoms with Crippen LogP contribution < -0.4 is 10.1 Å². The highest BCUT2D eigenvalue weighted by Crippen LogP contribution is 2.35. The number of imide groups is 1. The average molecular weight is 371 g/mol. The minimum absolute atomic E-state index is 0.218. The molecule has 5 nitrogen and oxygen atoms in total. The normalized spacial score (nSPS) is 14.4. The molecule has 2 amide bonds. The molecule has 0 atom stereocenters. The minimum atomic E-state index is -0.370. The number of anilines is 1. The van der Waals surface area contributed by atoms with Gasteiger partial charge >= 0.3 is 0 Å². The van der Waals surface area contributed by atoms with Gasteiger partial charge in [-0.3, -0.25) is 14.5 Å². The standard InChI is InChI=1S/C20H19ClN2O3/c1-12(2)23-19(24)17(13-7-5-4-6-8-13)18(20(23)25)22-15-11-14(21)9-10-16(15)26-3/h4-12,22H,1-3H3. The van der Waals surface area contributed by atoms with Crippen molar-refractivity contribution in [2.75, 3.05) is 12.4 Å². The molecule has 0 bridgehead atoms. The molecule has 1 N–H and O–H groups in total. The summed E-state index contributed by atoms with van der Waals surface area (Å²) >= 11 is 6.08. The molecule has 0 saturated carbocycles. The number of benzene rings is 2. The third-order valence-electron chi connectivity index (χ3n) is 4.12. The molecule has 1 aliphatic heterocycles. The number of hydrogen-bond acceptors (Lipinski definition) is 4. The van der Waals surface area contributed by atoms with Crippen molar-refractivity contribution in [2.24, 2.45) is 0 Å². The molecule has 0 aromatic heterocycles. The number of rotatable bonds is 5. The van der Waals surface area contributed by atoms with Gasteiger partial charge in [0.25, 0.3) is 11.8 Å². The number of ether oxygens (including phenoxy) is 1. The molecule has 0 radical (unpaired) electrons. The Bertz CT molecular complexity index is 891. The SMILES string of the molecule is COc1ccc(Cl)cc1NC1=C(c2ccccc2)C(=O)N(C(C)C)C1=O. The molecule has 26 heavy (non-hydrogen) atoms. The lowest BCUT2D eigenvalue weighted by atomic mass is 10.0. The van der Waals surface area contributed by atoms with Gasteiger partial charge in [0.2, 0.25) is 0 Å². The van der Waals surface area contributed by atoms with E-state index in [2.05, 4.69) is 5.32 Å². The second-order valence-electron chi connectivity index (χ2n) is 6.16. The molecule has 0 fully saturated rings. The van der Waals surface area contributed by atoms with Crippen molar-refractivity contribution < 1.29 is 14.3 Å². The number of carbonyl (C=O) groups is 2. The topological polar surface area (TPSA) is 58.6 Å². The molecule has 2 aromatic carbocycles. The van der Waals surface area contributed by atoms with Crippen LogP contribution in [0.1, 0.15) is 19.4 Å². The smallest absolute Gasteiger partial charge is 0.278 e. The third kappa shape index (κ3) is 3.18. The first-order valence-corrected chi connectivity index (χ1v) is 8.60. The summed E-state index contributed by atoms with van der Waals surface area (Å²) in [5, 5.41) is 3.57. The van der Waals surface area contributed by atoms with Crippen molar-refractivity contribution in [1.29, 1.82) is 0 Å². The Hall–Kier alpha value is -2.79. The maximum absolute atomic E-state index is 12.9. The van der Waals surface area contributed by atoms with E-state index in [9.17, 15) is 9.59 Å². The monoisotopic (exact) mass is 370 g/mol. The van der Waals surface area contributed by atoms with Crippen molar-refractivity contribution in [3.8, 4) is 5.75 Å². The zero-order chi connectivity index (χ0) is 18.8. The van der Waals surface area contributed by atoms with Gasteiger partial charge < -0.3 is 10.1 Å². The van der Waals surface area contributed by atoms with Gasteiger partial charge in [-0.15, -0.1) is 0 Å². The Morgan fingerprint density at radius 1 is 1.04 bits per heavy atom. The zero-order valence-corrected chi connectivity index (χ0v) is 15.5. The van der Waals surface area contributed by atoms with E-state index in [1.54, 1.807) is 44.2 Å². The maximum Gasteiger partial charge on any atom is 0.278 e. The Labute approximate surface area is 157 Å². The number of nitrogens with zero attached hydrogens (tertiary/aromatic N) is 1. The van der Waals surface area contributed by atoms with E-state index in [4.69, 9.17) is 16.3 Å². The van der Waals surface area contributed by atoms with Crippen molar-refractivity contribution >= 4 is 34.7 Å².